The largest absolute Gasteiger partial charge is 0.445 e. The number of carbonyl (C=O) groups is 1. The normalized spacial score (nSPS) is 13.1. The van der Waals surface area contributed by atoms with Crippen molar-refractivity contribution in [2.24, 2.45) is 0 Å². The van der Waals surface area contributed by atoms with Crippen LogP contribution in [0.15, 0.2) is 48.5 Å². The van der Waals surface area contributed by atoms with Gasteiger partial charge in [-0.05, 0) is 5.56 Å². The lowest BCUT2D eigenvalue weighted by Gasteiger charge is -2.20. The molecular formula is C18H20FNO5. The third-order valence-electron chi connectivity index (χ3n) is 3.63. The average molecular weight is 349 g/mol. The Morgan fingerprint density at radius 3 is 2.52 bits per heavy atom. The number of ether oxygens (including phenoxy) is 1. The van der Waals surface area contributed by atoms with Gasteiger partial charge in [-0.3, -0.25) is 0 Å². The SMILES string of the molecule is O=C(NCC(O)C(O)c1cccc(CO)c1F)OCc1ccccc1. The number of alkyl carbamates (subject to hydrolysis) is 1. The van der Waals surface area contributed by atoms with Crippen molar-refractivity contribution in [2.75, 3.05) is 6.54 Å². The van der Waals surface area contributed by atoms with E-state index in [1.54, 1.807) is 12.1 Å². The van der Waals surface area contributed by atoms with Crippen LogP contribution in [0.2, 0.25) is 0 Å². The number of hydrogen-bond acceptors (Lipinski definition) is 5. The van der Waals surface area contributed by atoms with Crippen molar-refractivity contribution in [3.05, 3.63) is 71.0 Å². The number of aliphatic hydroxyl groups excluding tert-OH is 3. The molecule has 0 heterocycles. The Morgan fingerprint density at radius 1 is 1.12 bits per heavy atom. The smallest absolute Gasteiger partial charge is 0.407 e. The summed E-state index contributed by atoms with van der Waals surface area (Å²) >= 11 is 0. The van der Waals surface area contributed by atoms with Gasteiger partial charge in [-0.2, -0.15) is 0 Å². The fourth-order valence-electron chi connectivity index (χ4n) is 2.23. The second-order valence-electron chi connectivity index (χ2n) is 5.43. The van der Waals surface area contributed by atoms with Gasteiger partial charge in [0.15, 0.2) is 0 Å². The predicted octanol–water partition coefficient (Wildman–Crippen LogP) is 1.64. The van der Waals surface area contributed by atoms with Crippen molar-refractivity contribution in [2.45, 2.75) is 25.4 Å². The first kappa shape index (κ1) is 18.9. The molecule has 2 aromatic carbocycles. The summed E-state index contributed by atoms with van der Waals surface area (Å²) in [6.07, 6.45) is -3.76. The van der Waals surface area contributed by atoms with Crippen molar-refractivity contribution >= 4 is 6.09 Å². The van der Waals surface area contributed by atoms with E-state index in [4.69, 9.17) is 9.84 Å². The molecule has 2 aromatic rings. The van der Waals surface area contributed by atoms with E-state index in [0.29, 0.717) is 0 Å². The third-order valence-corrected chi connectivity index (χ3v) is 3.63. The molecule has 7 heteroatoms. The number of aliphatic hydroxyl groups is 3. The highest BCUT2D eigenvalue weighted by atomic mass is 19.1. The lowest BCUT2D eigenvalue weighted by molar-refractivity contribution is 0.0162. The summed E-state index contributed by atoms with van der Waals surface area (Å²) in [5, 5.41) is 31.3. The van der Waals surface area contributed by atoms with Gasteiger partial charge in [-0.25, -0.2) is 9.18 Å². The standard InChI is InChI=1S/C18H20FNO5/c19-16-13(10-21)7-4-8-14(16)17(23)15(22)9-20-18(24)25-11-12-5-2-1-3-6-12/h1-8,15,17,21-23H,9-11H2,(H,20,24). The Labute approximate surface area is 144 Å². The first-order valence-corrected chi connectivity index (χ1v) is 7.71. The van der Waals surface area contributed by atoms with Gasteiger partial charge in [0, 0.05) is 17.7 Å². The number of rotatable bonds is 7. The highest BCUT2D eigenvalue weighted by Crippen LogP contribution is 2.22. The minimum absolute atomic E-state index is 0.0129. The summed E-state index contributed by atoms with van der Waals surface area (Å²) in [7, 11) is 0. The van der Waals surface area contributed by atoms with Gasteiger partial charge in [0.05, 0.1) is 6.61 Å². The van der Waals surface area contributed by atoms with Crippen LogP contribution in [0.4, 0.5) is 9.18 Å². The first-order valence-electron chi connectivity index (χ1n) is 7.71. The molecule has 0 saturated heterocycles. The molecule has 0 bridgehead atoms. The Bertz CT molecular complexity index is 695. The van der Waals surface area contributed by atoms with Gasteiger partial charge < -0.3 is 25.4 Å². The zero-order valence-corrected chi connectivity index (χ0v) is 13.4. The molecule has 2 atom stereocenters. The quantitative estimate of drug-likeness (QED) is 0.609. The highest BCUT2D eigenvalue weighted by Gasteiger charge is 2.23. The van der Waals surface area contributed by atoms with E-state index in [9.17, 15) is 19.4 Å². The lowest BCUT2D eigenvalue weighted by Crippen LogP contribution is -2.36. The summed E-state index contributed by atoms with van der Waals surface area (Å²) < 4.78 is 19.0. The summed E-state index contributed by atoms with van der Waals surface area (Å²) in [5.74, 6) is -0.789. The molecule has 0 aliphatic carbocycles. The molecule has 1 amide bonds. The average Bonchev–Trinajstić information content (AvgIpc) is 2.65. The summed E-state index contributed by atoms with van der Waals surface area (Å²) in [6, 6.07) is 13.2. The van der Waals surface area contributed by atoms with Gasteiger partial charge in [-0.15, -0.1) is 0 Å². The lowest BCUT2D eigenvalue weighted by atomic mass is 10.0. The van der Waals surface area contributed by atoms with Crippen LogP contribution >= 0.6 is 0 Å². The maximum atomic E-state index is 14.0. The first-order chi connectivity index (χ1) is 12.0. The molecule has 0 fully saturated rings. The second-order valence-corrected chi connectivity index (χ2v) is 5.43. The number of nitrogens with one attached hydrogen (secondary N) is 1. The molecule has 6 nitrogen and oxygen atoms in total. The van der Waals surface area contributed by atoms with E-state index >= 15 is 0 Å². The van der Waals surface area contributed by atoms with Crippen LogP contribution in [0.1, 0.15) is 22.8 Å². The predicted molar refractivity (Wildman–Crippen MR) is 87.9 cm³/mol. The maximum absolute atomic E-state index is 14.0. The molecular weight excluding hydrogens is 329 g/mol. The molecule has 0 saturated carbocycles. The fourth-order valence-corrected chi connectivity index (χ4v) is 2.23. The molecule has 4 N–H and O–H groups in total. The zero-order valence-electron chi connectivity index (χ0n) is 13.4. The molecule has 0 spiro atoms. The van der Waals surface area contributed by atoms with Crippen molar-refractivity contribution in [3.8, 4) is 0 Å². The van der Waals surface area contributed by atoms with E-state index < -0.39 is 30.7 Å². The van der Waals surface area contributed by atoms with Crippen molar-refractivity contribution in [1.29, 1.82) is 0 Å². The van der Waals surface area contributed by atoms with E-state index in [1.165, 1.54) is 18.2 Å². The van der Waals surface area contributed by atoms with Gasteiger partial charge in [0.1, 0.15) is 24.6 Å². The van der Waals surface area contributed by atoms with E-state index in [2.05, 4.69) is 5.32 Å². The number of carbonyl (C=O) groups excluding carboxylic acids is 1. The van der Waals surface area contributed by atoms with E-state index in [-0.39, 0.29) is 24.3 Å². The Balaban J connectivity index is 1.85. The number of benzene rings is 2. The Hall–Kier alpha value is -2.48. The molecule has 0 aliphatic rings. The van der Waals surface area contributed by atoms with Gasteiger partial charge in [0.25, 0.3) is 0 Å². The zero-order chi connectivity index (χ0) is 18.2. The van der Waals surface area contributed by atoms with Crippen LogP contribution < -0.4 is 5.32 Å². The highest BCUT2D eigenvalue weighted by molar-refractivity contribution is 5.67. The third kappa shape index (κ3) is 5.25. The van der Waals surface area contributed by atoms with Crippen molar-refractivity contribution in [1.82, 2.24) is 5.32 Å². The van der Waals surface area contributed by atoms with Crippen LogP contribution in [0.5, 0.6) is 0 Å². The molecule has 0 aromatic heterocycles. The number of halogens is 1. The van der Waals surface area contributed by atoms with E-state index in [1.807, 2.05) is 18.2 Å². The van der Waals surface area contributed by atoms with Crippen LogP contribution in [0.25, 0.3) is 0 Å². The van der Waals surface area contributed by atoms with Gasteiger partial charge >= 0.3 is 6.09 Å². The van der Waals surface area contributed by atoms with Crippen LogP contribution in [0, 0.1) is 5.82 Å². The van der Waals surface area contributed by atoms with Crippen molar-refractivity contribution in [3.63, 3.8) is 0 Å². The van der Waals surface area contributed by atoms with Crippen LogP contribution in [-0.4, -0.2) is 34.1 Å². The van der Waals surface area contributed by atoms with Crippen LogP contribution in [-0.2, 0) is 18.0 Å². The molecule has 134 valence electrons. The summed E-state index contributed by atoms with van der Waals surface area (Å²) in [6.45, 7) is -0.775. The van der Waals surface area contributed by atoms with Crippen LogP contribution in [0.3, 0.4) is 0 Å². The molecule has 25 heavy (non-hydrogen) atoms. The fraction of sp³-hybridized carbons (Fsp3) is 0.278. The van der Waals surface area contributed by atoms with Crippen molar-refractivity contribution < 1.29 is 29.2 Å². The molecule has 2 unspecified atom stereocenters. The summed E-state index contributed by atoms with van der Waals surface area (Å²) in [5.41, 5.74) is 0.665. The Morgan fingerprint density at radius 2 is 1.84 bits per heavy atom. The van der Waals surface area contributed by atoms with Gasteiger partial charge in [-0.1, -0.05) is 48.5 Å². The minimum Gasteiger partial charge on any atom is -0.445 e. The molecule has 0 radical (unpaired) electrons. The topological polar surface area (TPSA) is 99.0 Å². The maximum Gasteiger partial charge on any atom is 0.407 e. The number of amides is 1. The summed E-state index contributed by atoms with van der Waals surface area (Å²) in [4.78, 5) is 11.6. The number of hydrogen-bond donors (Lipinski definition) is 4. The van der Waals surface area contributed by atoms with Gasteiger partial charge in [0.2, 0.25) is 0 Å². The minimum atomic E-state index is -1.55. The molecule has 2 rings (SSSR count). The molecule has 0 aliphatic heterocycles. The van der Waals surface area contributed by atoms with E-state index in [0.717, 1.165) is 5.56 Å². The monoisotopic (exact) mass is 349 g/mol. The Kier molecular flexibility index (Phi) is 6.88. The second kappa shape index (κ2) is 9.12.